The van der Waals surface area contributed by atoms with Crippen LogP contribution in [-0.2, 0) is 24.1 Å². The second-order valence-electron chi connectivity index (χ2n) is 8.29. The maximum Gasteiger partial charge on any atom is 0.267 e. The number of hydrogen-bond acceptors (Lipinski definition) is 3. The Bertz CT molecular complexity index is 953. The first-order valence-corrected chi connectivity index (χ1v) is 11.5. The number of carbonyl (C=O) groups excluding carboxylic acids is 1. The quantitative estimate of drug-likeness (QED) is 0.390. The predicted molar refractivity (Wildman–Crippen MR) is 127 cm³/mol. The van der Waals surface area contributed by atoms with Crippen molar-refractivity contribution in [3.8, 4) is 6.07 Å². The first-order chi connectivity index (χ1) is 15.1. The fourth-order valence-electron chi connectivity index (χ4n) is 4.09. The van der Waals surface area contributed by atoms with Crippen molar-refractivity contribution in [2.75, 3.05) is 5.32 Å². The molecule has 1 aliphatic carbocycles. The normalized spacial score (nSPS) is 14.3. The topological polar surface area (TPSA) is 64.9 Å². The van der Waals surface area contributed by atoms with Gasteiger partial charge in [0, 0.05) is 11.9 Å². The van der Waals surface area contributed by atoms with Crippen molar-refractivity contribution < 1.29 is 4.79 Å². The third kappa shape index (κ3) is 6.21. The lowest BCUT2D eigenvalue weighted by atomic mass is 9.89. The van der Waals surface area contributed by atoms with Gasteiger partial charge in [-0.2, -0.15) is 5.26 Å². The number of carbonyl (C=O) groups is 1. The Labute approximate surface area is 186 Å². The summed E-state index contributed by atoms with van der Waals surface area (Å²) in [5.41, 5.74) is 6.14. The minimum Gasteiger partial charge on any atom is -0.383 e. The summed E-state index contributed by atoms with van der Waals surface area (Å²) in [4.78, 5) is 12.6. The van der Waals surface area contributed by atoms with E-state index in [4.69, 9.17) is 0 Å². The van der Waals surface area contributed by atoms with E-state index in [-0.39, 0.29) is 11.6 Å². The van der Waals surface area contributed by atoms with Gasteiger partial charge in [0.05, 0.1) is 6.04 Å². The summed E-state index contributed by atoms with van der Waals surface area (Å²) in [5.74, 6) is -0.392. The molecular formula is C27H33N3O. The van der Waals surface area contributed by atoms with Crippen LogP contribution in [0.2, 0.25) is 0 Å². The van der Waals surface area contributed by atoms with Crippen molar-refractivity contribution in [2.45, 2.75) is 71.3 Å². The molecule has 31 heavy (non-hydrogen) atoms. The molecule has 0 bridgehead atoms. The van der Waals surface area contributed by atoms with Crippen LogP contribution in [0.3, 0.4) is 0 Å². The maximum absolute atomic E-state index is 12.6. The average molecular weight is 416 g/mol. The number of unbranched alkanes of at least 4 members (excludes halogenated alkanes) is 1. The van der Waals surface area contributed by atoms with Gasteiger partial charge in [0.2, 0.25) is 0 Å². The van der Waals surface area contributed by atoms with Crippen LogP contribution in [0.5, 0.6) is 0 Å². The van der Waals surface area contributed by atoms with E-state index in [0.717, 1.165) is 38.5 Å². The van der Waals surface area contributed by atoms with Gasteiger partial charge in [0.1, 0.15) is 11.6 Å². The van der Waals surface area contributed by atoms with Crippen LogP contribution < -0.4 is 10.6 Å². The number of amides is 1. The van der Waals surface area contributed by atoms with E-state index < -0.39 is 5.91 Å². The SMILES string of the molecule is CCCCc1ccc(NC(=O)/C(C#N)=C\NC(CC)c2ccc3c(c2)CCCC3)cc1. The number of aryl methyl sites for hydroxylation is 3. The largest absolute Gasteiger partial charge is 0.383 e. The molecule has 0 aliphatic heterocycles. The van der Waals surface area contributed by atoms with E-state index in [2.05, 4.69) is 42.7 Å². The van der Waals surface area contributed by atoms with Gasteiger partial charge in [-0.25, -0.2) is 0 Å². The highest BCUT2D eigenvalue weighted by atomic mass is 16.1. The van der Waals surface area contributed by atoms with E-state index >= 15 is 0 Å². The summed E-state index contributed by atoms with van der Waals surface area (Å²) >= 11 is 0. The molecule has 2 aromatic rings. The highest BCUT2D eigenvalue weighted by Gasteiger charge is 2.15. The third-order valence-electron chi connectivity index (χ3n) is 6.01. The fourth-order valence-corrected chi connectivity index (χ4v) is 4.09. The number of anilines is 1. The zero-order chi connectivity index (χ0) is 22.1. The van der Waals surface area contributed by atoms with Gasteiger partial charge in [-0.15, -0.1) is 0 Å². The lowest BCUT2D eigenvalue weighted by Crippen LogP contribution is -2.20. The molecule has 0 spiro atoms. The molecule has 2 N–H and O–H groups in total. The van der Waals surface area contributed by atoms with Gasteiger partial charge in [-0.3, -0.25) is 4.79 Å². The number of nitrogens with zero attached hydrogens (tertiary/aromatic N) is 1. The van der Waals surface area contributed by atoms with Crippen LogP contribution >= 0.6 is 0 Å². The molecule has 1 unspecified atom stereocenters. The summed E-state index contributed by atoms with van der Waals surface area (Å²) in [6.45, 7) is 4.28. The Morgan fingerprint density at radius 2 is 1.84 bits per heavy atom. The molecule has 0 saturated carbocycles. The summed E-state index contributed by atoms with van der Waals surface area (Å²) < 4.78 is 0. The number of benzene rings is 2. The van der Waals surface area contributed by atoms with Gasteiger partial charge < -0.3 is 10.6 Å². The number of fused-ring (bicyclic) bond motifs is 1. The fraction of sp³-hybridized carbons (Fsp3) is 0.407. The maximum atomic E-state index is 12.6. The smallest absolute Gasteiger partial charge is 0.267 e. The molecule has 0 fully saturated rings. The average Bonchev–Trinajstić information content (AvgIpc) is 2.81. The lowest BCUT2D eigenvalue weighted by Gasteiger charge is -2.21. The standard InChI is InChI=1S/C27H33N3O/c1-3-5-8-20-11-15-25(16-12-20)30-27(31)24(18-28)19-29-26(4-2)23-14-13-21-9-6-7-10-22(21)17-23/h11-17,19,26,29H,3-10H2,1-2H3,(H,30,31)/b24-19-. The van der Waals surface area contributed by atoms with E-state index in [1.54, 1.807) is 6.20 Å². The Morgan fingerprint density at radius 1 is 1.10 bits per heavy atom. The molecule has 0 saturated heterocycles. The van der Waals surface area contributed by atoms with Crippen molar-refractivity contribution in [3.05, 3.63) is 76.5 Å². The lowest BCUT2D eigenvalue weighted by molar-refractivity contribution is -0.112. The predicted octanol–water partition coefficient (Wildman–Crippen LogP) is 5.99. The minimum atomic E-state index is -0.392. The highest BCUT2D eigenvalue weighted by molar-refractivity contribution is 6.06. The van der Waals surface area contributed by atoms with E-state index in [1.165, 1.54) is 35.1 Å². The van der Waals surface area contributed by atoms with Crippen molar-refractivity contribution in [3.63, 3.8) is 0 Å². The van der Waals surface area contributed by atoms with Crippen LogP contribution in [0.4, 0.5) is 5.69 Å². The van der Waals surface area contributed by atoms with Crippen LogP contribution in [0.1, 0.15) is 74.2 Å². The monoisotopic (exact) mass is 415 g/mol. The molecule has 4 nitrogen and oxygen atoms in total. The molecule has 1 amide bonds. The van der Waals surface area contributed by atoms with Crippen molar-refractivity contribution in [2.24, 2.45) is 0 Å². The van der Waals surface area contributed by atoms with Crippen molar-refractivity contribution >= 4 is 11.6 Å². The molecule has 1 aliphatic rings. The molecule has 3 rings (SSSR count). The minimum absolute atomic E-state index is 0.0706. The van der Waals surface area contributed by atoms with E-state index in [1.807, 2.05) is 30.3 Å². The summed E-state index contributed by atoms with van der Waals surface area (Å²) in [6.07, 6.45) is 10.6. The first-order valence-electron chi connectivity index (χ1n) is 11.5. The Balaban J connectivity index is 1.64. The molecule has 0 aromatic heterocycles. The first kappa shape index (κ1) is 22.6. The Hall–Kier alpha value is -3.06. The third-order valence-corrected chi connectivity index (χ3v) is 6.01. The van der Waals surface area contributed by atoms with Crippen molar-refractivity contribution in [1.82, 2.24) is 5.32 Å². The summed E-state index contributed by atoms with van der Waals surface area (Å²) in [7, 11) is 0. The van der Waals surface area contributed by atoms with E-state index in [0.29, 0.717) is 5.69 Å². The number of nitrogens with one attached hydrogen (secondary N) is 2. The van der Waals surface area contributed by atoms with E-state index in [9.17, 15) is 10.1 Å². The van der Waals surface area contributed by atoms with Gasteiger partial charge in [0.15, 0.2) is 0 Å². The summed E-state index contributed by atoms with van der Waals surface area (Å²) in [6, 6.07) is 16.6. The second kappa shape index (κ2) is 11.4. The zero-order valence-electron chi connectivity index (χ0n) is 18.7. The van der Waals surface area contributed by atoms with Crippen LogP contribution in [-0.4, -0.2) is 5.91 Å². The Morgan fingerprint density at radius 3 is 2.52 bits per heavy atom. The molecule has 2 aromatic carbocycles. The van der Waals surface area contributed by atoms with Gasteiger partial charge in [0.25, 0.3) is 5.91 Å². The molecule has 0 heterocycles. The van der Waals surface area contributed by atoms with Gasteiger partial charge in [-0.05, 0) is 79.3 Å². The zero-order valence-corrected chi connectivity index (χ0v) is 18.7. The molecule has 4 heteroatoms. The van der Waals surface area contributed by atoms with Crippen LogP contribution in [0.25, 0.3) is 0 Å². The number of hydrogen-bond donors (Lipinski definition) is 2. The van der Waals surface area contributed by atoms with Gasteiger partial charge in [-0.1, -0.05) is 50.6 Å². The van der Waals surface area contributed by atoms with Crippen LogP contribution in [0.15, 0.2) is 54.2 Å². The Kier molecular flexibility index (Phi) is 8.29. The van der Waals surface area contributed by atoms with Crippen LogP contribution in [0, 0.1) is 11.3 Å². The second-order valence-corrected chi connectivity index (χ2v) is 8.29. The molecular weight excluding hydrogens is 382 g/mol. The van der Waals surface area contributed by atoms with Gasteiger partial charge >= 0.3 is 0 Å². The summed E-state index contributed by atoms with van der Waals surface area (Å²) in [5, 5.41) is 15.6. The molecule has 162 valence electrons. The highest BCUT2D eigenvalue weighted by Crippen LogP contribution is 2.26. The molecule has 0 radical (unpaired) electrons. The number of rotatable bonds is 9. The van der Waals surface area contributed by atoms with Crippen molar-refractivity contribution in [1.29, 1.82) is 5.26 Å². The number of nitriles is 1. The molecule has 1 atom stereocenters.